The average molecular weight is 204 g/mol. The van der Waals surface area contributed by atoms with Gasteiger partial charge in [0, 0.05) is 10.2 Å². The molecule has 1 aromatic carbocycles. The van der Waals surface area contributed by atoms with Crippen molar-refractivity contribution in [2.45, 2.75) is 6.67 Å². The van der Waals surface area contributed by atoms with Crippen LogP contribution in [0.3, 0.4) is 0 Å². The van der Waals surface area contributed by atoms with E-state index in [9.17, 15) is 4.39 Å². The topological polar surface area (TPSA) is 26.0 Å². The van der Waals surface area contributed by atoms with Crippen LogP contribution in [0, 0.1) is 0 Å². The van der Waals surface area contributed by atoms with E-state index in [4.69, 9.17) is 5.73 Å². The van der Waals surface area contributed by atoms with Crippen LogP contribution in [-0.4, -0.2) is 0 Å². The summed E-state index contributed by atoms with van der Waals surface area (Å²) in [5.41, 5.74) is 6.71. The van der Waals surface area contributed by atoms with Crippen LogP contribution >= 0.6 is 15.9 Å². The van der Waals surface area contributed by atoms with Gasteiger partial charge in [0.05, 0.1) is 0 Å². The summed E-state index contributed by atoms with van der Waals surface area (Å²) < 4.78 is 12.8. The molecule has 1 aromatic rings. The predicted octanol–water partition coefficient (Wildman–Crippen LogP) is 2.50. The van der Waals surface area contributed by atoms with Crippen LogP contribution < -0.4 is 5.73 Å². The molecule has 0 saturated heterocycles. The zero-order valence-electron chi connectivity index (χ0n) is 5.27. The van der Waals surface area contributed by atoms with Crippen molar-refractivity contribution < 1.29 is 4.39 Å². The number of rotatable bonds is 1. The molecule has 0 aliphatic carbocycles. The smallest absolute Gasteiger partial charge is 0.116 e. The van der Waals surface area contributed by atoms with Crippen molar-refractivity contribution >= 4 is 21.6 Å². The van der Waals surface area contributed by atoms with Gasteiger partial charge in [0.15, 0.2) is 0 Å². The first-order chi connectivity index (χ1) is 4.74. The average Bonchev–Trinajstić information content (AvgIpc) is 1.88. The van der Waals surface area contributed by atoms with Gasteiger partial charge in [-0.25, -0.2) is 4.39 Å². The summed E-state index contributed by atoms with van der Waals surface area (Å²) >= 11 is 3.19. The van der Waals surface area contributed by atoms with E-state index in [2.05, 4.69) is 15.9 Å². The van der Waals surface area contributed by atoms with E-state index in [-0.39, 0.29) is 0 Å². The van der Waals surface area contributed by atoms with Crippen molar-refractivity contribution in [2.75, 3.05) is 5.73 Å². The summed E-state index contributed by atoms with van der Waals surface area (Å²) in [6.45, 7) is -0.457. The Morgan fingerprint density at radius 2 is 2.20 bits per heavy atom. The van der Waals surface area contributed by atoms with E-state index in [1.165, 1.54) is 0 Å². The van der Waals surface area contributed by atoms with E-state index in [1.54, 1.807) is 18.2 Å². The quantitative estimate of drug-likeness (QED) is 0.698. The van der Waals surface area contributed by atoms with Crippen LogP contribution in [0.4, 0.5) is 10.1 Å². The second kappa shape index (κ2) is 3.01. The zero-order valence-corrected chi connectivity index (χ0v) is 6.86. The van der Waals surface area contributed by atoms with Gasteiger partial charge < -0.3 is 5.73 Å². The maximum atomic E-state index is 12.0. The minimum atomic E-state index is -0.457. The third kappa shape index (κ3) is 1.48. The molecule has 0 saturated carbocycles. The molecule has 0 aliphatic heterocycles. The van der Waals surface area contributed by atoms with Crippen LogP contribution in [0.1, 0.15) is 5.56 Å². The van der Waals surface area contributed by atoms with E-state index in [1.807, 2.05) is 0 Å². The molecular weight excluding hydrogens is 197 g/mol. The van der Waals surface area contributed by atoms with Gasteiger partial charge in [-0.05, 0) is 17.7 Å². The Labute approximate surface area is 67.2 Å². The van der Waals surface area contributed by atoms with Gasteiger partial charge in [0.25, 0.3) is 0 Å². The Bertz CT molecular complexity index is 237. The van der Waals surface area contributed by atoms with Gasteiger partial charge in [0.1, 0.15) is 6.67 Å². The highest BCUT2D eigenvalue weighted by atomic mass is 79.9. The lowest BCUT2D eigenvalue weighted by Gasteiger charge is -1.98. The maximum Gasteiger partial charge on any atom is 0.116 e. The Balaban J connectivity index is 3.07. The van der Waals surface area contributed by atoms with E-state index in [0.717, 1.165) is 4.47 Å². The number of halogens is 2. The molecule has 1 nitrogen and oxygen atoms in total. The van der Waals surface area contributed by atoms with Gasteiger partial charge in [-0.1, -0.05) is 22.0 Å². The molecule has 0 unspecified atom stereocenters. The highest BCUT2D eigenvalue weighted by Gasteiger charge is 1.97. The Morgan fingerprint density at radius 3 is 2.70 bits per heavy atom. The van der Waals surface area contributed by atoms with Crippen molar-refractivity contribution in [3.8, 4) is 0 Å². The summed E-state index contributed by atoms with van der Waals surface area (Å²) in [6.07, 6.45) is 0. The van der Waals surface area contributed by atoms with E-state index >= 15 is 0 Å². The first-order valence-electron chi connectivity index (χ1n) is 2.84. The highest BCUT2D eigenvalue weighted by molar-refractivity contribution is 9.10. The molecule has 0 heterocycles. The minimum Gasteiger partial charge on any atom is -0.399 e. The largest absolute Gasteiger partial charge is 0.399 e. The molecule has 54 valence electrons. The van der Waals surface area contributed by atoms with Gasteiger partial charge in [-0.2, -0.15) is 0 Å². The molecule has 10 heavy (non-hydrogen) atoms. The molecule has 3 heteroatoms. The lowest BCUT2D eigenvalue weighted by molar-refractivity contribution is 0.484. The van der Waals surface area contributed by atoms with Crippen LogP contribution in [0.15, 0.2) is 22.7 Å². The number of nitrogens with two attached hydrogens (primary N) is 1. The molecule has 0 atom stereocenters. The lowest BCUT2D eigenvalue weighted by Crippen LogP contribution is -1.86. The third-order valence-corrected chi connectivity index (χ3v) is 1.96. The standard InChI is InChI=1S/C7H7BrFN/c8-7-3-6(10)2-1-5(7)4-9/h1-3H,4,10H2. The minimum absolute atomic E-state index is 0.457. The van der Waals surface area contributed by atoms with Gasteiger partial charge in [-0.3, -0.25) is 0 Å². The molecule has 0 aromatic heterocycles. The lowest BCUT2D eigenvalue weighted by atomic mass is 10.2. The number of hydrogen-bond donors (Lipinski definition) is 1. The second-order valence-corrected chi connectivity index (χ2v) is 2.84. The number of hydrogen-bond acceptors (Lipinski definition) is 1. The molecule has 0 aliphatic rings. The molecule has 0 amide bonds. The fraction of sp³-hybridized carbons (Fsp3) is 0.143. The molecule has 0 spiro atoms. The first kappa shape index (κ1) is 7.54. The number of anilines is 1. The third-order valence-electron chi connectivity index (χ3n) is 1.22. The fourth-order valence-corrected chi connectivity index (χ4v) is 1.17. The normalized spacial score (nSPS) is 9.80. The zero-order chi connectivity index (χ0) is 7.56. The number of nitrogen functional groups attached to an aromatic ring is 1. The number of benzene rings is 1. The summed E-state index contributed by atoms with van der Waals surface area (Å²) in [6, 6.07) is 5.04. The van der Waals surface area contributed by atoms with Crippen LogP contribution in [0.5, 0.6) is 0 Å². The second-order valence-electron chi connectivity index (χ2n) is 1.98. The Hall–Kier alpha value is -0.570. The van der Waals surface area contributed by atoms with Gasteiger partial charge in [-0.15, -0.1) is 0 Å². The Morgan fingerprint density at radius 1 is 1.50 bits per heavy atom. The summed E-state index contributed by atoms with van der Waals surface area (Å²) in [5, 5.41) is 0. The molecule has 0 radical (unpaired) electrons. The molecule has 0 fully saturated rings. The van der Waals surface area contributed by atoms with Gasteiger partial charge in [0.2, 0.25) is 0 Å². The molecule has 1 rings (SSSR count). The van der Waals surface area contributed by atoms with Crippen LogP contribution in [-0.2, 0) is 6.67 Å². The maximum absolute atomic E-state index is 12.0. The molecular formula is C7H7BrFN. The summed E-state index contributed by atoms with van der Waals surface area (Å²) in [5.74, 6) is 0. The Kier molecular flexibility index (Phi) is 2.27. The summed E-state index contributed by atoms with van der Waals surface area (Å²) in [4.78, 5) is 0. The van der Waals surface area contributed by atoms with E-state index in [0.29, 0.717) is 11.3 Å². The highest BCUT2D eigenvalue weighted by Crippen LogP contribution is 2.20. The monoisotopic (exact) mass is 203 g/mol. The van der Waals surface area contributed by atoms with Crippen LogP contribution in [0.25, 0.3) is 0 Å². The summed E-state index contributed by atoms with van der Waals surface area (Å²) in [7, 11) is 0. The molecule has 0 bridgehead atoms. The SMILES string of the molecule is Nc1ccc(CF)c(Br)c1. The molecule has 2 N–H and O–H groups in total. The van der Waals surface area contributed by atoms with Crippen molar-refractivity contribution in [1.82, 2.24) is 0 Å². The van der Waals surface area contributed by atoms with Crippen molar-refractivity contribution in [3.05, 3.63) is 28.2 Å². The van der Waals surface area contributed by atoms with Crippen molar-refractivity contribution in [2.24, 2.45) is 0 Å². The fourth-order valence-electron chi connectivity index (χ4n) is 0.672. The van der Waals surface area contributed by atoms with Crippen molar-refractivity contribution in [3.63, 3.8) is 0 Å². The van der Waals surface area contributed by atoms with Crippen molar-refractivity contribution in [1.29, 1.82) is 0 Å². The first-order valence-corrected chi connectivity index (χ1v) is 3.63. The predicted molar refractivity (Wildman–Crippen MR) is 43.4 cm³/mol. The van der Waals surface area contributed by atoms with Crippen LogP contribution in [0.2, 0.25) is 0 Å². The number of alkyl halides is 1. The van der Waals surface area contributed by atoms with Gasteiger partial charge >= 0.3 is 0 Å². The van der Waals surface area contributed by atoms with E-state index < -0.39 is 6.67 Å².